The fourth-order valence-corrected chi connectivity index (χ4v) is 1.03. The minimum Gasteiger partial charge on any atom is -0.336 e. The second-order valence-corrected chi connectivity index (χ2v) is 3.07. The molecule has 0 unspecified atom stereocenters. The summed E-state index contributed by atoms with van der Waals surface area (Å²) in [5.41, 5.74) is 0. The van der Waals surface area contributed by atoms with E-state index < -0.39 is 6.03 Å². The molecule has 1 fully saturated rings. The summed E-state index contributed by atoms with van der Waals surface area (Å²) in [7, 11) is 1.70. The van der Waals surface area contributed by atoms with Crippen LogP contribution in [0.1, 0.15) is 13.3 Å². The van der Waals surface area contributed by atoms with E-state index in [1.54, 1.807) is 11.9 Å². The van der Waals surface area contributed by atoms with Gasteiger partial charge < -0.3 is 10.2 Å². The molecule has 1 heterocycles. The molecule has 6 nitrogen and oxygen atoms in total. The predicted octanol–water partition coefficient (Wildman–Crippen LogP) is -0.476. The number of aliphatic imine (C=N–C) groups is 1. The number of hydrogen-bond donors (Lipinski definition) is 2. The molecule has 0 aromatic carbocycles. The highest BCUT2D eigenvalue weighted by Crippen LogP contribution is 1.94. The summed E-state index contributed by atoms with van der Waals surface area (Å²) >= 11 is 0. The van der Waals surface area contributed by atoms with Gasteiger partial charge in [0, 0.05) is 13.6 Å². The molecule has 3 amide bonds. The van der Waals surface area contributed by atoms with Crippen LogP contribution in [0.3, 0.4) is 0 Å². The molecule has 14 heavy (non-hydrogen) atoms. The Morgan fingerprint density at radius 2 is 2.43 bits per heavy atom. The average molecular weight is 198 g/mol. The maximum atomic E-state index is 11.1. The Hall–Kier alpha value is -1.59. The molecule has 0 atom stereocenters. The van der Waals surface area contributed by atoms with Gasteiger partial charge in [-0.1, -0.05) is 6.92 Å². The molecule has 0 aromatic heterocycles. The fraction of sp³-hybridized carbons (Fsp3) is 0.625. The molecule has 0 saturated carbocycles. The van der Waals surface area contributed by atoms with Gasteiger partial charge in [-0.25, -0.2) is 4.79 Å². The van der Waals surface area contributed by atoms with Crippen LogP contribution in [0.15, 0.2) is 4.99 Å². The molecule has 0 bridgehead atoms. The lowest BCUT2D eigenvalue weighted by Crippen LogP contribution is -2.31. The number of nitrogens with one attached hydrogen (secondary N) is 2. The van der Waals surface area contributed by atoms with Gasteiger partial charge in [0.2, 0.25) is 11.9 Å². The third kappa shape index (κ3) is 2.72. The van der Waals surface area contributed by atoms with Crippen LogP contribution < -0.4 is 10.6 Å². The molecule has 0 spiro atoms. The van der Waals surface area contributed by atoms with Crippen molar-refractivity contribution in [2.24, 2.45) is 4.99 Å². The van der Waals surface area contributed by atoms with Crippen molar-refractivity contribution >= 4 is 17.9 Å². The Kier molecular flexibility index (Phi) is 3.44. The van der Waals surface area contributed by atoms with Gasteiger partial charge in [0.05, 0.1) is 6.54 Å². The van der Waals surface area contributed by atoms with E-state index in [-0.39, 0.29) is 12.5 Å². The summed E-state index contributed by atoms with van der Waals surface area (Å²) < 4.78 is 0. The number of guanidine groups is 1. The van der Waals surface area contributed by atoms with E-state index in [1.165, 1.54) is 0 Å². The molecular weight excluding hydrogens is 184 g/mol. The quantitative estimate of drug-likeness (QED) is 0.629. The Morgan fingerprint density at radius 1 is 1.71 bits per heavy atom. The van der Waals surface area contributed by atoms with Crippen LogP contribution in [-0.2, 0) is 4.79 Å². The summed E-state index contributed by atoms with van der Waals surface area (Å²) in [6.45, 7) is 2.80. The van der Waals surface area contributed by atoms with Crippen molar-refractivity contribution in [1.29, 1.82) is 0 Å². The Balaban J connectivity index is 2.51. The van der Waals surface area contributed by atoms with Crippen LogP contribution in [0.25, 0.3) is 0 Å². The third-order valence-electron chi connectivity index (χ3n) is 1.73. The summed E-state index contributed by atoms with van der Waals surface area (Å²) in [5.74, 6) is 0.165. The van der Waals surface area contributed by atoms with Crippen LogP contribution in [0, 0.1) is 0 Å². The largest absolute Gasteiger partial charge is 0.344 e. The van der Waals surface area contributed by atoms with Crippen molar-refractivity contribution in [2.45, 2.75) is 13.3 Å². The van der Waals surface area contributed by atoms with Crippen LogP contribution in [0.4, 0.5) is 4.79 Å². The summed E-state index contributed by atoms with van der Waals surface area (Å²) in [5, 5.41) is 5.08. The predicted molar refractivity (Wildman–Crippen MR) is 51.9 cm³/mol. The number of hydrogen-bond acceptors (Lipinski definition) is 2. The van der Waals surface area contributed by atoms with Gasteiger partial charge in [-0.15, -0.1) is 0 Å². The number of amides is 3. The van der Waals surface area contributed by atoms with E-state index >= 15 is 0 Å². The molecule has 2 N–H and O–H groups in total. The molecule has 0 radical (unpaired) electrons. The first-order valence-electron chi connectivity index (χ1n) is 4.51. The molecule has 1 saturated heterocycles. The highest BCUT2D eigenvalue weighted by Gasteiger charge is 2.21. The molecule has 0 aliphatic carbocycles. The van der Waals surface area contributed by atoms with Crippen molar-refractivity contribution in [1.82, 2.24) is 15.5 Å². The van der Waals surface area contributed by atoms with Crippen LogP contribution in [0.5, 0.6) is 0 Å². The van der Waals surface area contributed by atoms with E-state index in [9.17, 15) is 9.59 Å². The number of likely N-dealkylation sites (N-methyl/N-ethyl adjacent to an activating group) is 1. The SMILES string of the molecule is CCCNC(=O)N=C1NC(=O)CN1C. The van der Waals surface area contributed by atoms with Crippen LogP contribution in [0.2, 0.25) is 0 Å². The first kappa shape index (κ1) is 10.5. The van der Waals surface area contributed by atoms with E-state index in [0.717, 1.165) is 6.42 Å². The minimum atomic E-state index is -0.420. The van der Waals surface area contributed by atoms with Gasteiger partial charge in [-0.2, -0.15) is 4.99 Å². The van der Waals surface area contributed by atoms with Crippen molar-refractivity contribution in [3.05, 3.63) is 0 Å². The standard InChI is InChI=1S/C8H14N4O2/c1-3-4-9-8(14)11-7-10-6(13)5-12(7)2/h3-5H2,1-2H3,(H2,9,10,11,13,14). The lowest BCUT2D eigenvalue weighted by molar-refractivity contribution is -0.118. The van der Waals surface area contributed by atoms with E-state index in [2.05, 4.69) is 15.6 Å². The second-order valence-electron chi connectivity index (χ2n) is 3.07. The Bertz CT molecular complexity index is 275. The van der Waals surface area contributed by atoms with Gasteiger partial charge >= 0.3 is 6.03 Å². The Labute approximate surface area is 82.4 Å². The molecular formula is C8H14N4O2. The lowest BCUT2D eigenvalue weighted by atomic mass is 10.5. The van der Waals surface area contributed by atoms with Crippen molar-refractivity contribution < 1.29 is 9.59 Å². The first-order chi connectivity index (χ1) is 6.63. The van der Waals surface area contributed by atoms with Crippen molar-refractivity contribution in [3.8, 4) is 0 Å². The number of nitrogens with zero attached hydrogens (tertiary/aromatic N) is 2. The maximum absolute atomic E-state index is 11.1. The topological polar surface area (TPSA) is 73.8 Å². The first-order valence-corrected chi connectivity index (χ1v) is 4.51. The summed E-state index contributed by atoms with van der Waals surface area (Å²) in [6, 6.07) is -0.420. The van der Waals surface area contributed by atoms with Crippen LogP contribution >= 0.6 is 0 Å². The zero-order valence-electron chi connectivity index (χ0n) is 8.33. The van der Waals surface area contributed by atoms with Crippen molar-refractivity contribution in [3.63, 3.8) is 0 Å². The van der Waals surface area contributed by atoms with E-state index in [4.69, 9.17) is 0 Å². The molecule has 0 aromatic rings. The summed E-state index contributed by atoms with van der Waals surface area (Å²) in [6.07, 6.45) is 0.860. The number of carbonyl (C=O) groups is 2. The number of carbonyl (C=O) groups excluding carboxylic acids is 2. The fourth-order valence-electron chi connectivity index (χ4n) is 1.03. The van der Waals surface area contributed by atoms with Crippen LogP contribution in [-0.4, -0.2) is 42.9 Å². The molecule has 1 rings (SSSR count). The van der Waals surface area contributed by atoms with Gasteiger partial charge in [0.15, 0.2) is 0 Å². The normalized spacial score (nSPS) is 18.6. The minimum absolute atomic E-state index is 0.144. The molecule has 6 heteroatoms. The smallest absolute Gasteiger partial charge is 0.336 e. The summed E-state index contributed by atoms with van der Waals surface area (Å²) in [4.78, 5) is 27.3. The lowest BCUT2D eigenvalue weighted by Gasteiger charge is -2.07. The van der Waals surface area contributed by atoms with Gasteiger partial charge in [-0.05, 0) is 6.42 Å². The van der Waals surface area contributed by atoms with E-state index in [0.29, 0.717) is 12.5 Å². The monoisotopic (exact) mass is 198 g/mol. The maximum Gasteiger partial charge on any atom is 0.344 e. The van der Waals surface area contributed by atoms with E-state index in [1.807, 2.05) is 6.92 Å². The molecule has 1 aliphatic rings. The zero-order valence-corrected chi connectivity index (χ0v) is 8.33. The average Bonchev–Trinajstić information content (AvgIpc) is 2.42. The highest BCUT2D eigenvalue weighted by molar-refractivity contribution is 6.07. The molecule has 1 aliphatic heterocycles. The van der Waals surface area contributed by atoms with Crippen molar-refractivity contribution in [2.75, 3.05) is 20.1 Å². The highest BCUT2D eigenvalue weighted by atomic mass is 16.2. The Morgan fingerprint density at radius 3 is 2.93 bits per heavy atom. The second kappa shape index (κ2) is 4.59. The zero-order chi connectivity index (χ0) is 10.6. The van der Waals surface area contributed by atoms with Gasteiger partial charge in [0.1, 0.15) is 0 Å². The number of urea groups is 1. The van der Waals surface area contributed by atoms with Gasteiger partial charge in [0.25, 0.3) is 0 Å². The number of rotatable bonds is 2. The van der Waals surface area contributed by atoms with Gasteiger partial charge in [-0.3, -0.25) is 10.1 Å². The third-order valence-corrected chi connectivity index (χ3v) is 1.73. The molecule has 78 valence electrons.